The van der Waals surface area contributed by atoms with Gasteiger partial charge in [-0.1, -0.05) is 18.2 Å². The fourth-order valence-corrected chi connectivity index (χ4v) is 6.43. The molecule has 0 spiro atoms. The summed E-state index contributed by atoms with van der Waals surface area (Å²) in [6, 6.07) is 8.34. The highest BCUT2D eigenvalue weighted by atomic mass is 32.1. The van der Waals surface area contributed by atoms with Crippen LogP contribution in [0.2, 0.25) is 0 Å². The quantitative estimate of drug-likeness (QED) is 0.489. The number of nitrogens with zero attached hydrogens (tertiary/aromatic N) is 2. The minimum atomic E-state index is -0.0334. The van der Waals surface area contributed by atoms with Gasteiger partial charge < -0.3 is 5.32 Å². The normalized spacial score (nSPS) is 13.6. The molecule has 0 saturated carbocycles. The van der Waals surface area contributed by atoms with Crippen molar-refractivity contribution in [1.82, 2.24) is 14.9 Å². The summed E-state index contributed by atoms with van der Waals surface area (Å²) in [6.07, 6.45) is 7.03. The SMILES string of the molecule is O=C(CCn1cnc2sc3c(c2c1=O)CCCC3)NCCc1csc2ccccc12. The molecule has 5 rings (SSSR count). The number of fused-ring (bicyclic) bond motifs is 4. The lowest BCUT2D eigenvalue weighted by Gasteiger charge is -2.10. The van der Waals surface area contributed by atoms with Gasteiger partial charge in [0.15, 0.2) is 0 Å². The Morgan fingerprint density at radius 2 is 2.07 bits per heavy atom. The number of thiophene rings is 2. The predicted octanol–water partition coefficient (Wildman–Crippen LogP) is 4.30. The van der Waals surface area contributed by atoms with Gasteiger partial charge >= 0.3 is 0 Å². The van der Waals surface area contributed by atoms with Crippen molar-refractivity contribution in [3.8, 4) is 0 Å². The van der Waals surface area contributed by atoms with Crippen LogP contribution in [0.1, 0.15) is 35.3 Å². The zero-order chi connectivity index (χ0) is 20.5. The average Bonchev–Trinajstić information content (AvgIpc) is 3.35. The molecule has 1 amide bonds. The molecule has 0 saturated heterocycles. The van der Waals surface area contributed by atoms with Crippen molar-refractivity contribution in [3.05, 3.63) is 62.3 Å². The number of amides is 1. The van der Waals surface area contributed by atoms with E-state index in [4.69, 9.17) is 0 Å². The first-order chi connectivity index (χ1) is 14.7. The summed E-state index contributed by atoms with van der Waals surface area (Å²) in [5.74, 6) is -0.0334. The molecule has 3 heterocycles. The summed E-state index contributed by atoms with van der Waals surface area (Å²) >= 11 is 3.39. The van der Waals surface area contributed by atoms with Gasteiger partial charge in [0.1, 0.15) is 4.83 Å². The topological polar surface area (TPSA) is 64.0 Å². The van der Waals surface area contributed by atoms with Crippen LogP contribution in [0.25, 0.3) is 20.3 Å². The second-order valence-corrected chi connectivity index (χ2v) is 9.74. The molecule has 1 aliphatic rings. The summed E-state index contributed by atoms with van der Waals surface area (Å²) in [6.45, 7) is 0.962. The summed E-state index contributed by atoms with van der Waals surface area (Å²) in [7, 11) is 0. The summed E-state index contributed by atoms with van der Waals surface area (Å²) in [5.41, 5.74) is 2.46. The van der Waals surface area contributed by atoms with E-state index in [0.29, 0.717) is 13.1 Å². The molecule has 0 radical (unpaired) electrons. The third-order valence-electron chi connectivity index (χ3n) is 5.80. The molecule has 0 atom stereocenters. The van der Waals surface area contributed by atoms with E-state index in [1.165, 1.54) is 32.5 Å². The van der Waals surface area contributed by atoms with Crippen molar-refractivity contribution in [1.29, 1.82) is 0 Å². The first-order valence-corrected chi connectivity index (χ1v) is 12.1. The lowest BCUT2D eigenvalue weighted by molar-refractivity contribution is -0.121. The minimum absolute atomic E-state index is 0.00283. The molecule has 0 aliphatic heterocycles. The Balaban J connectivity index is 1.21. The largest absolute Gasteiger partial charge is 0.356 e. The molecule has 30 heavy (non-hydrogen) atoms. The maximum Gasteiger partial charge on any atom is 0.262 e. The number of aryl methyl sites for hydroxylation is 3. The lowest BCUT2D eigenvalue weighted by Crippen LogP contribution is -2.29. The molecule has 4 aromatic rings. The number of carbonyl (C=O) groups is 1. The molecule has 1 aromatic carbocycles. The van der Waals surface area contributed by atoms with Crippen LogP contribution < -0.4 is 10.9 Å². The van der Waals surface area contributed by atoms with Crippen LogP contribution in [0, 0.1) is 0 Å². The Hall–Kier alpha value is -2.51. The monoisotopic (exact) mass is 437 g/mol. The average molecular weight is 438 g/mol. The van der Waals surface area contributed by atoms with E-state index in [9.17, 15) is 9.59 Å². The number of hydrogen-bond acceptors (Lipinski definition) is 5. The molecule has 3 aromatic heterocycles. The van der Waals surface area contributed by atoms with Gasteiger partial charge in [0.05, 0.1) is 11.7 Å². The van der Waals surface area contributed by atoms with E-state index < -0.39 is 0 Å². The molecule has 0 unspecified atom stereocenters. The molecular weight excluding hydrogens is 414 g/mol. The Labute approximate surface area is 182 Å². The molecule has 7 heteroatoms. The number of hydrogen-bond donors (Lipinski definition) is 1. The van der Waals surface area contributed by atoms with Gasteiger partial charge in [-0.2, -0.15) is 0 Å². The number of rotatable bonds is 6. The van der Waals surface area contributed by atoms with E-state index >= 15 is 0 Å². The Kier molecular flexibility index (Phi) is 5.39. The summed E-state index contributed by atoms with van der Waals surface area (Å²) in [5, 5.41) is 7.20. The highest BCUT2D eigenvalue weighted by molar-refractivity contribution is 7.18. The molecule has 0 bridgehead atoms. The van der Waals surface area contributed by atoms with E-state index in [1.807, 2.05) is 12.1 Å². The Morgan fingerprint density at radius 1 is 1.20 bits per heavy atom. The highest BCUT2D eigenvalue weighted by Crippen LogP contribution is 2.33. The lowest BCUT2D eigenvalue weighted by atomic mass is 9.97. The van der Waals surface area contributed by atoms with Crippen LogP contribution in [0.15, 0.2) is 40.8 Å². The molecular formula is C23H23N3O2S2. The van der Waals surface area contributed by atoms with Crippen molar-refractivity contribution in [2.75, 3.05) is 6.54 Å². The number of nitrogens with one attached hydrogen (secondary N) is 1. The highest BCUT2D eigenvalue weighted by Gasteiger charge is 2.20. The van der Waals surface area contributed by atoms with Crippen molar-refractivity contribution in [3.63, 3.8) is 0 Å². The fraction of sp³-hybridized carbons (Fsp3) is 0.348. The van der Waals surface area contributed by atoms with Gasteiger partial charge in [-0.3, -0.25) is 14.2 Å². The summed E-state index contributed by atoms with van der Waals surface area (Å²) in [4.78, 5) is 32.0. The van der Waals surface area contributed by atoms with E-state index in [2.05, 4.69) is 27.8 Å². The van der Waals surface area contributed by atoms with Crippen molar-refractivity contribution in [2.45, 2.75) is 45.1 Å². The van der Waals surface area contributed by atoms with Crippen LogP contribution >= 0.6 is 22.7 Å². The van der Waals surface area contributed by atoms with Crippen LogP contribution in [-0.2, 0) is 30.6 Å². The number of carbonyl (C=O) groups excluding carboxylic acids is 1. The Bertz CT molecular complexity index is 1280. The zero-order valence-electron chi connectivity index (χ0n) is 16.6. The van der Waals surface area contributed by atoms with Crippen LogP contribution in [0.4, 0.5) is 0 Å². The van der Waals surface area contributed by atoms with E-state index in [-0.39, 0.29) is 17.9 Å². The van der Waals surface area contributed by atoms with Gasteiger partial charge in [0.25, 0.3) is 5.56 Å². The number of benzene rings is 1. The third kappa shape index (κ3) is 3.68. The predicted molar refractivity (Wildman–Crippen MR) is 124 cm³/mol. The smallest absolute Gasteiger partial charge is 0.262 e. The van der Waals surface area contributed by atoms with Gasteiger partial charge in [0, 0.05) is 29.1 Å². The molecule has 0 fully saturated rings. The first kappa shape index (κ1) is 19.5. The van der Waals surface area contributed by atoms with Crippen molar-refractivity contribution in [2.24, 2.45) is 0 Å². The molecule has 1 aliphatic carbocycles. The second kappa shape index (κ2) is 8.32. The minimum Gasteiger partial charge on any atom is -0.356 e. The van der Waals surface area contributed by atoms with Crippen LogP contribution in [0.3, 0.4) is 0 Å². The Morgan fingerprint density at radius 3 is 3.00 bits per heavy atom. The second-order valence-electron chi connectivity index (χ2n) is 7.74. The molecule has 1 N–H and O–H groups in total. The standard InChI is InChI=1S/C23H23N3O2S2/c27-20(24-11-9-15-13-29-18-7-3-1-5-16(15)18)10-12-26-14-25-22-21(23(26)28)17-6-2-4-8-19(17)30-22/h1,3,5,7,13-14H,2,4,6,8-12H2,(H,24,27). The first-order valence-electron chi connectivity index (χ1n) is 10.4. The third-order valence-corrected chi connectivity index (χ3v) is 8.01. The van der Waals surface area contributed by atoms with Crippen molar-refractivity contribution < 1.29 is 4.79 Å². The number of aromatic nitrogens is 2. The fourth-order valence-electron chi connectivity index (χ4n) is 4.21. The maximum absolute atomic E-state index is 13.0. The van der Waals surface area contributed by atoms with Crippen LogP contribution in [-0.4, -0.2) is 22.0 Å². The van der Waals surface area contributed by atoms with E-state index in [0.717, 1.165) is 35.9 Å². The van der Waals surface area contributed by atoms with Gasteiger partial charge in [-0.15, -0.1) is 22.7 Å². The zero-order valence-corrected chi connectivity index (χ0v) is 18.3. The maximum atomic E-state index is 13.0. The van der Waals surface area contributed by atoms with Gasteiger partial charge in [-0.25, -0.2) is 4.98 Å². The molecule has 154 valence electrons. The van der Waals surface area contributed by atoms with Gasteiger partial charge in [0.2, 0.25) is 5.91 Å². The van der Waals surface area contributed by atoms with Crippen LogP contribution in [0.5, 0.6) is 0 Å². The van der Waals surface area contributed by atoms with Crippen molar-refractivity contribution >= 4 is 48.9 Å². The summed E-state index contributed by atoms with van der Waals surface area (Å²) < 4.78 is 2.87. The molecule has 5 nitrogen and oxygen atoms in total. The van der Waals surface area contributed by atoms with E-state index in [1.54, 1.807) is 33.6 Å². The van der Waals surface area contributed by atoms with Gasteiger partial charge in [-0.05, 0) is 60.1 Å².